The monoisotopic (exact) mass is 306 g/mol. The molecule has 0 fully saturated rings. The molecule has 0 atom stereocenters. The first-order valence-electron chi connectivity index (χ1n) is 5.91. The van der Waals surface area contributed by atoms with Crippen LogP contribution < -0.4 is 5.73 Å². The molecule has 0 saturated carbocycles. The summed E-state index contributed by atoms with van der Waals surface area (Å²) in [5.74, 6) is 1.03. The molecule has 0 bridgehead atoms. The fourth-order valence-electron chi connectivity index (χ4n) is 1.72. The van der Waals surface area contributed by atoms with E-state index >= 15 is 0 Å². The maximum Gasteiger partial charge on any atom is 0.257 e. The van der Waals surface area contributed by atoms with E-state index in [2.05, 4.69) is 15.1 Å². The van der Waals surface area contributed by atoms with Crippen LogP contribution in [0.25, 0.3) is 11.5 Å². The van der Waals surface area contributed by atoms with Crippen LogP contribution in [0.2, 0.25) is 5.02 Å². The molecule has 0 amide bonds. The number of aromatic nitrogens is 3. The van der Waals surface area contributed by atoms with Crippen molar-refractivity contribution in [1.82, 2.24) is 15.1 Å². The number of hydrogen-bond donors (Lipinski definition) is 1. The van der Waals surface area contributed by atoms with Gasteiger partial charge in [-0.05, 0) is 25.1 Å². The Morgan fingerprint density at radius 3 is 2.90 bits per heavy atom. The summed E-state index contributed by atoms with van der Waals surface area (Å²) in [6.07, 6.45) is 0.560. The fourth-order valence-corrected chi connectivity index (χ4v) is 2.67. The van der Waals surface area contributed by atoms with Crippen molar-refractivity contribution in [3.05, 3.63) is 45.1 Å². The van der Waals surface area contributed by atoms with E-state index in [-0.39, 0.29) is 0 Å². The highest BCUT2D eigenvalue weighted by Gasteiger charge is 2.12. The molecule has 5 nitrogen and oxygen atoms in total. The van der Waals surface area contributed by atoms with Crippen LogP contribution in [0, 0.1) is 6.92 Å². The average molecular weight is 307 g/mol. The molecule has 0 aliphatic carbocycles. The second-order valence-corrected chi connectivity index (χ2v) is 5.66. The Hall–Kier alpha value is -1.92. The maximum atomic E-state index is 5.98. The summed E-state index contributed by atoms with van der Waals surface area (Å²) in [6.45, 7) is 1.96. The number of nitrogen functional groups attached to an aromatic ring is 1. The van der Waals surface area contributed by atoms with Gasteiger partial charge in [-0.2, -0.15) is 4.98 Å². The number of benzene rings is 1. The predicted molar refractivity (Wildman–Crippen MR) is 78.8 cm³/mol. The van der Waals surface area contributed by atoms with Gasteiger partial charge < -0.3 is 10.3 Å². The predicted octanol–water partition coefficient (Wildman–Crippen LogP) is 3.33. The lowest BCUT2D eigenvalue weighted by atomic mass is 10.2. The Bertz CT molecular complexity index is 752. The summed E-state index contributed by atoms with van der Waals surface area (Å²) in [5, 5.41) is 7.38. The van der Waals surface area contributed by atoms with Crippen LogP contribution in [-0.4, -0.2) is 15.1 Å². The highest BCUT2D eigenvalue weighted by atomic mass is 35.5. The van der Waals surface area contributed by atoms with Crippen LogP contribution in [-0.2, 0) is 6.42 Å². The third kappa shape index (κ3) is 2.66. The second kappa shape index (κ2) is 5.22. The number of hydrogen-bond acceptors (Lipinski definition) is 6. The van der Waals surface area contributed by atoms with Crippen LogP contribution in [0.4, 0.5) is 5.69 Å². The number of aryl methyl sites for hydroxylation is 1. The van der Waals surface area contributed by atoms with E-state index in [0.29, 0.717) is 28.8 Å². The van der Waals surface area contributed by atoms with E-state index in [1.807, 2.05) is 12.3 Å². The molecule has 0 radical (unpaired) electrons. The lowest BCUT2D eigenvalue weighted by Gasteiger charge is -1.98. The minimum absolute atomic E-state index is 0.426. The molecule has 2 heterocycles. The van der Waals surface area contributed by atoms with E-state index in [1.165, 1.54) is 0 Å². The van der Waals surface area contributed by atoms with Crippen LogP contribution in [0.15, 0.2) is 28.1 Å². The Labute approximate surface area is 124 Å². The SMILES string of the molecule is Cc1csc(Cc2noc(-c3ccc(N)c(Cl)c3)n2)n1. The largest absolute Gasteiger partial charge is 0.398 e. The van der Waals surface area contributed by atoms with E-state index in [4.69, 9.17) is 21.9 Å². The van der Waals surface area contributed by atoms with Crippen LogP contribution in [0.5, 0.6) is 0 Å². The standard InChI is InChI=1S/C13H11ClN4OS/c1-7-6-20-12(16-7)5-11-17-13(19-18-11)8-2-3-10(15)9(14)4-8/h2-4,6H,5,15H2,1H3. The first-order valence-corrected chi connectivity index (χ1v) is 7.16. The molecular formula is C13H11ClN4OS. The van der Waals surface area contributed by atoms with Crippen molar-refractivity contribution in [2.24, 2.45) is 0 Å². The molecule has 1 aromatic carbocycles. The van der Waals surface area contributed by atoms with Gasteiger partial charge in [0.15, 0.2) is 5.82 Å². The highest BCUT2D eigenvalue weighted by molar-refractivity contribution is 7.09. The summed E-state index contributed by atoms with van der Waals surface area (Å²) in [5.41, 5.74) is 7.94. The molecule has 102 valence electrons. The summed E-state index contributed by atoms with van der Waals surface area (Å²) in [4.78, 5) is 8.72. The fraction of sp³-hybridized carbons (Fsp3) is 0.154. The van der Waals surface area contributed by atoms with Crippen LogP contribution in [0.1, 0.15) is 16.5 Å². The van der Waals surface area contributed by atoms with E-state index in [9.17, 15) is 0 Å². The molecule has 2 N–H and O–H groups in total. The van der Waals surface area contributed by atoms with Gasteiger partial charge in [0.1, 0.15) is 5.01 Å². The van der Waals surface area contributed by atoms with Gasteiger partial charge in [-0.1, -0.05) is 16.8 Å². The summed E-state index contributed by atoms with van der Waals surface area (Å²) >= 11 is 7.56. The zero-order chi connectivity index (χ0) is 14.1. The van der Waals surface area contributed by atoms with E-state index < -0.39 is 0 Å². The lowest BCUT2D eigenvalue weighted by Crippen LogP contribution is -1.90. The number of thiazole rings is 1. The van der Waals surface area contributed by atoms with Gasteiger partial charge in [-0.15, -0.1) is 11.3 Å². The lowest BCUT2D eigenvalue weighted by molar-refractivity contribution is 0.424. The van der Waals surface area contributed by atoms with Gasteiger partial charge in [0.25, 0.3) is 5.89 Å². The van der Waals surface area contributed by atoms with Gasteiger partial charge in [0.05, 0.1) is 17.1 Å². The third-order valence-corrected chi connectivity index (χ3v) is 3.99. The summed E-state index contributed by atoms with van der Waals surface area (Å²) < 4.78 is 5.24. The minimum atomic E-state index is 0.426. The third-order valence-electron chi connectivity index (χ3n) is 2.69. The molecule has 0 unspecified atom stereocenters. The normalized spacial score (nSPS) is 10.9. The Morgan fingerprint density at radius 1 is 1.35 bits per heavy atom. The smallest absolute Gasteiger partial charge is 0.257 e. The van der Waals surface area contributed by atoms with Crippen molar-refractivity contribution >= 4 is 28.6 Å². The van der Waals surface area contributed by atoms with Gasteiger partial charge >= 0.3 is 0 Å². The Balaban J connectivity index is 1.84. The molecule has 0 aliphatic heterocycles. The first-order chi connectivity index (χ1) is 9.61. The average Bonchev–Trinajstić information content (AvgIpc) is 3.03. The van der Waals surface area contributed by atoms with Crippen molar-refractivity contribution in [2.75, 3.05) is 5.73 Å². The van der Waals surface area contributed by atoms with Crippen molar-refractivity contribution in [3.8, 4) is 11.5 Å². The Morgan fingerprint density at radius 2 is 2.20 bits per heavy atom. The van der Waals surface area contributed by atoms with Gasteiger partial charge in [0, 0.05) is 16.6 Å². The topological polar surface area (TPSA) is 77.8 Å². The number of rotatable bonds is 3. The Kier molecular flexibility index (Phi) is 3.42. The number of halogens is 1. The van der Waals surface area contributed by atoms with Gasteiger partial charge in [-0.3, -0.25) is 0 Å². The second-order valence-electron chi connectivity index (χ2n) is 4.31. The van der Waals surface area contributed by atoms with Crippen LogP contribution >= 0.6 is 22.9 Å². The van der Waals surface area contributed by atoms with Gasteiger partial charge in [-0.25, -0.2) is 4.98 Å². The van der Waals surface area contributed by atoms with Crippen molar-refractivity contribution < 1.29 is 4.52 Å². The minimum Gasteiger partial charge on any atom is -0.398 e. The van der Waals surface area contributed by atoms with Crippen molar-refractivity contribution in [2.45, 2.75) is 13.3 Å². The first kappa shape index (κ1) is 13.1. The molecule has 0 spiro atoms. The summed E-state index contributed by atoms with van der Waals surface area (Å²) in [7, 11) is 0. The quantitative estimate of drug-likeness (QED) is 0.751. The zero-order valence-corrected chi connectivity index (χ0v) is 12.2. The maximum absolute atomic E-state index is 5.98. The molecular weight excluding hydrogens is 296 g/mol. The number of nitrogens with zero attached hydrogens (tertiary/aromatic N) is 3. The highest BCUT2D eigenvalue weighted by Crippen LogP contribution is 2.26. The summed E-state index contributed by atoms with van der Waals surface area (Å²) in [6, 6.07) is 5.22. The van der Waals surface area contributed by atoms with Crippen LogP contribution in [0.3, 0.4) is 0 Å². The van der Waals surface area contributed by atoms with Gasteiger partial charge in [0.2, 0.25) is 0 Å². The van der Waals surface area contributed by atoms with Crippen molar-refractivity contribution in [1.29, 1.82) is 0 Å². The molecule has 20 heavy (non-hydrogen) atoms. The number of nitrogens with two attached hydrogens (primary N) is 1. The van der Waals surface area contributed by atoms with Crippen molar-refractivity contribution in [3.63, 3.8) is 0 Å². The molecule has 0 saturated heterocycles. The van der Waals surface area contributed by atoms with E-state index in [0.717, 1.165) is 16.3 Å². The molecule has 7 heteroatoms. The number of anilines is 1. The molecule has 3 rings (SSSR count). The van der Waals surface area contributed by atoms with E-state index in [1.54, 1.807) is 29.5 Å². The molecule has 0 aliphatic rings. The zero-order valence-electron chi connectivity index (χ0n) is 10.6. The molecule has 3 aromatic rings. The molecule has 2 aromatic heterocycles.